The molecule has 0 radical (unpaired) electrons. The molecule has 3 rings (SSSR count). The molecular formula is C13H17N3S. The summed E-state index contributed by atoms with van der Waals surface area (Å²) in [5.74, 6) is 0. The molecule has 0 bridgehead atoms. The van der Waals surface area contributed by atoms with Crippen LogP contribution in [0.3, 0.4) is 0 Å². The van der Waals surface area contributed by atoms with Crippen LogP contribution in [0, 0.1) is 0 Å². The van der Waals surface area contributed by atoms with Crippen LogP contribution >= 0.6 is 11.3 Å². The maximum atomic E-state index is 5.67. The summed E-state index contributed by atoms with van der Waals surface area (Å²) >= 11 is 1.50. The zero-order valence-corrected chi connectivity index (χ0v) is 10.6. The van der Waals surface area contributed by atoms with Gasteiger partial charge in [-0.25, -0.2) is 4.98 Å². The molecule has 2 aromatic rings. The van der Waals surface area contributed by atoms with Crippen LogP contribution in [0.2, 0.25) is 0 Å². The summed E-state index contributed by atoms with van der Waals surface area (Å²) in [4.78, 5) is 4.32. The maximum absolute atomic E-state index is 5.67. The van der Waals surface area contributed by atoms with E-state index in [1.165, 1.54) is 49.0 Å². The minimum atomic E-state index is 0.644. The van der Waals surface area contributed by atoms with Crippen molar-refractivity contribution in [3.05, 3.63) is 23.8 Å². The van der Waals surface area contributed by atoms with Crippen molar-refractivity contribution in [2.45, 2.75) is 38.1 Å². The summed E-state index contributed by atoms with van der Waals surface area (Å²) in [6.07, 6.45) is 11.1. The molecule has 0 saturated heterocycles. The minimum absolute atomic E-state index is 0.644. The van der Waals surface area contributed by atoms with Gasteiger partial charge in [0.1, 0.15) is 0 Å². The van der Waals surface area contributed by atoms with Crippen molar-refractivity contribution in [1.29, 1.82) is 0 Å². The molecule has 0 unspecified atom stereocenters. The number of rotatable bonds is 2. The normalized spacial score (nSPS) is 17.4. The lowest BCUT2D eigenvalue weighted by molar-refractivity contribution is 0.354. The number of hydrogen-bond donors (Lipinski definition) is 1. The molecule has 2 N–H and O–H groups in total. The maximum Gasteiger partial charge on any atom is 0.180 e. The van der Waals surface area contributed by atoms with Gasteiger partial charge in [0.15, 0.2) is 5.13 Å². The van der Waals surface area contributed by atoms with E-state index < -0.39 is 0 Å². The number of nitrogens with two attached hydrogens (primary N) is 1. The molecular weight excluding hydrogens is 230 g/mol. The fraction of sp³-hybridized carbons (Fsp3) is 0.462. The van der Waals surface area contributed by atoms with Gasteiger partial charge < -0.3 is 10.3 Å². The molecule has 2 heterocycles. The number of nitrogens with zero attached hydrogens (tertiary/aromatic N) is 2. The second-order valence-electron chi connectivity index (χ2n) is 4.71. The van der Waals surface area contributed by atoms with E-state index in [4.69, 9.17) is 5.73 Å². The van der Waals surface area contributed by atoms with Gasteiger partial charge in [0.2, 0.25) is 0 Å². The second kappa shape index (κ2) is 4.53. The number of thiazole rings is 1. The summed E-state index contributed by atoms with van der Waals surface area (Å²) in [5, 5.41) is 2.67. The monoisotopic (exact) mass is 247 g/mol. The van der Waals surface area contributed by atoms with E-state index in [-0.39, 0.29) is 0 Å². The number of anilines is 1. The SMILES string of the molecule is Nc1nc(-c2ccn(C3CCCCC3)c2)cs1. The first-order valence-electron chi connectivity index (χ1n) is 6.22. The Labute approximate surface area is 105 Å². The second-order valence-corrected chi connectivity index (χ2v) is 5.60. The molecule has 17 heavy (non-hydrogen) atoms. The molecule has 4 heteroatoms. The lowest BCUT2D eigenvalue weighted by atomic mass is 9.95. The fourth-order valence-electron chi connectivity index (χ4n) is 2.59. The molecule has 90 valence electrons. The Kier molecular flexibility index (Phi) is 2.89. The molecule has 3 nitrogen and oxygen atoms in total. The zero-order valence-electron chi connectivity index (χ0n) is 9.80. The van der Waals surface area contributed by atoms with Gasteiger partial charge in [-0.1, -0.05) is 19.3 Å². The summed E-state index contributed by atoms with van der Waals surface area (Å²) in [5.41, 5.74) is 7.85. The number of aromatic nitrogens is 2. The molecule has 1 aliphatic carbocycles. The van der Waals surface area contributed by atoms with Gasteiger partial charge in [-0.3, -0.25) is 0 Å². The van der Waals surface area contributed by atoms with E-state index in [0.29, 0.717) is 11.2 Å². The third-order valence-corrected chi connectivity index (χ3v) is 4.20. The Morgan fingerprint density at radius 2 is 2.12 bits per heavy atom. The first-order chi connectivity index (χ1) is 8.33. The lowest BCUT2D eigenvalue weighted by Crippen LogP contribution is -2.10. The topological polar surface area (TPSA) is 43.8 Å². The van der Waals surface area contributed by atoms with E-state index in [0.717, 1.165) is 5.69 Å². The number of nitrogen functional groups attached to an aromatic ring is 1. The average Bonchev–Trinajstić information content (AvgIpc) is 2.98. The molecule has 0 amide bonds. The van der Waals surface area contributed by atoms with Gasteiger partial charge in [0.25, 0.3) is 0 Å². The molecule has 2 aromatic heterocycles. The molecule has 1 fully saturated rings. The zero-order chi connectivity index (χ0) is 11.7. The highest BCUT2D eigenvalue weighted by Gasteiger charge is 2.15. The predicted octanol–water partition coefficient (Wildman–Crippen LogP) is 3.70. The van der Waals surface area contributed by atoms with Gasteiger partial charge in [-0.15, -0.1) is 11.3 Å². The summed E-state index contributed by atoms with van der Waals surface area (Å²) in [6.45, 7) is 0. The highest BCUT2D eigenvalue weighted by atomic mass is 32.1. The average molecular weight is 247 g/mol. The quantitative estimate of drug-likeness (QED) is 0.879. The van der Waals surface area contributed by atoms with Crippen molar-refractivity contribution in [3.8, 4) is 11.3 Å². The molecule has 0 aliphatic heterocycles. The van der Waals surface area contributed by atoms with Gasteiger partial charge in [-0.2, -0.15) is 0 Å². The Morgan fingerprint density at radius 3 is 2.82 bits per heavy atom. The summed E-state index contributed by atoms with van der Waals surface area (Å²) in [6, 6.07) is 2.83. The van der Waals surface area contributed by atoms with Gasteiger partial charge in [0.05, 0.1) is 5.69 Å². The molecule has 1 saturated carbocycles. The lowest BCUT2D eigenvalue weighted by Gasteiger charge is -2.23. The van der Waals surface area contributed by atoms with E-state index in [9.17, 15) is 0 Å². The molecule has 1 aliphatic rings. The van der Waals surface area contributed by atoms with Crippen molar-refractivity contribution in [2.75, 3.05) is 5.73 Å². The van der Waals surface area contributed by atoms with Crippen LogP contribution in [0.15, 0.2) is 23.8 Å². The molecule has 0 atom stereocenters. The highest BCUT2D eigenvalue weighted by molar-refractivity contribution is 7.13. The van der Waals surface area contributed by atoms with E-state index >= 15 is 0 Å². The van der Waals surface area contributed by atoms with Crippen molar-refractivity contribution < 1.29 is 0 Å². The van der Waals surface area contributed by atoms with Gasteiger partial charge in [0, 0.05) is 29.4 Å². The van der Waals surface area contributed by atoms with Crippen LogP contribution in [-0.4, -0.2) is 9.55 Å². The fourth-order valence-corrected chi connectivity index (χ4v) is 3.16. The van der Waals surface area contributed by atoms with Crippen molar-refractivity contribution in [1.82, 2.24) is 9.55 Å². The Balaban J connectivity index is 1.82. The van der Waals surface area contributed by atoms with Crippen LogP contribution in [0.4, 0.5) is 5.13 Å². The van der Waals surface area contributed by atoms with Crippen LogP contribution in [0.1, 0.15) is 38.1 Å². The Morgan fingerprint density at radius 1 is 1.29 bits per heavy atom. The van der Waals surface area contributed by atoms with Crippen LogP contribution in [0.5, 0.6) is 0 Å². The van der Waals surface area contributed by atoms with Crippen LogP contribution in [-0.2, 0) is 0 Å². The standard InChI is InChI=1S/C13H17N3S/c14-13-15-12(9-17-13)10-6-7-16(8-10)11-4-2-1-3-5-11/h6-9,11H,1-5H2,(H2,14,15). The third kappa shape index (κ3) is 2.22. The predicted molar refractivity (Wildman–Crippen MR) is 72.1 cm³/mol. The van der Waals surface area contributed by atoms with E-state index in [1.807, 2.05) is 5.38 Å². The Bertz CT molecular complexity index is 494. The van der Waals surface area contributed by atoms with Gasteiger partial charge >= 0.3 is 0 Å². The van der Waals surface area contributed by atoms with E-state index in [2.05, 4.69) is 28.0 Å². The largest absolute Gasteiger partial charge is 0.375 e. The summed E-state index contributed by atoms with van der Waals surface area (Å²) < 4.78 is 2.35. The van der Waals surface area contributed by atoms with Crippen molar-refractivity contribution >= 4 is 16.5 Å². The number of hydrogen-bond acceptors (Lipinski definition) is 3. The molecule has 0 aromatic carbocycles. The highest BCUT2D eigenvalue weighted by Crippen LogP contribution is 2.30. The van der Waals surface area contributed by atoms with Crippen molar-refractivity contribution in [2.24, 2.45) is 0 Å². The van der Waals surface area contributed by atoms with E-state index in [1.54, 1.807) is 0 Å². The Hall–Kier alpha value is -1.29. The van der Waals surface area contributed by atoms with Crippen LogP contribution < -0.4 is 5.73 Å². The third-order valence-electron chi connectivity index (χ3n) is 3.53. The molecule has 0 spiro atoms. The summed E-state index contributed by atoms with van der Waals surface area (Å²) in [7, 11) is 0. The first-order valence-corrected chi connectivity index (χ1v) is 7.10. The van der Waals surface area contributed by atoms with Gasteiger partial charge in [-0.05, 0) is 18.9 Å². The van der Waals surface area contributed by atoms with Crippen molar-refractivity contribution in [3.63, 3.8) is 0 Å². The van der Waals surface area contributed by atoms with Crippen LogP contribution in [0.25, 0.3) is 11.3 Å². The minimum Gasteiger partial charge on any atom is -0.375 e. The smallest absolute Gasteiger partial charge is 0.180 e. The first kappa shape index (κ1) is 10.8.